The standard InChI is InChI=1S/C16H20N4OS/c1-3-7-12(2)17-16(22)18-14-10-11-15(20-19-14)21-13-8-5-4-6-9-13/h4-6,8-12H,3,7H2,1-2H3,(H2,17,18,19,22). The van der Waals surface area contributed by atoms with E-state index in [9.17, 15) is 0 Å². The zero-order chi connectivity index (χ0) is 15.8. The number of para-hydroxylation sites is 1. The molecule has 0 radical (unpaired) electrons. The molecule has 22 heavy (non-hydrogen) atoms. The van der Waals surface area contributed by atoms with Crippen molar-refractivity contribution in [3.8, 4) is 11.6 Å². The van der Waals surface area contributed by atoms with Gasteiger partial charge in [-0.05, 0) is 43.8 Å². The van der Waals surface area contributed by atoms with Crippen molar-refractivity contribution in [2.75, 3.05) is 5.32 Å². The number of anilines is 1. The lowest BCUT2D eigenvalue weighted by Gasteiger charge is -2.15. The highest BCUT2D eigenvalue weighted by molar-refractivity contribution is 7.80. The number of hydrogen-bond donors (Lipinski definition) is 2. The Kier molecular flexibility index (Phi) is 6.09. The molecule has 0 saturated heterocycles. The predicted molar refractivity (Wildman–Crippen MR) is 92.3 cm³/mol. The average Bonchev–Trinajstić information content (AvgIpc) is 2.50. The number of ether oxygens (including phenoxy) is 1. The van der Waals surface area contributed by atoms with Crippen molar-refractivity contribution in [1.29, 1.82) is 0 Å². The Morgan fingerprint density at radius 1 is 1.18 bits per heavy atom. The smallest absolute Gasteiger partial charge is 0.238 e. The highest BCUT2D eigenvalue weighted by Crippen LogP contribution is 2.18. The van der Waals surface area contributed by atoms with Crippen LogP contribution in [0, 0.1) is 0 Å². The molecule has 0 aliphatic heterocycles. The van der Waals surface area contributed by atoms with Gasteiger partial charge in [0, 0.05) is 12.1 Å². The minimum Gasteiger partial charge on any atom is -0.438 e. The molecule has 0 aliphatic carbocycles. The highest BCUT2D eigenvalue weighted by atomic mass is 32.1. The fraction of sp³-hybridized carbons (Fsp3) is 0.312. The number of hydrogen-bond acceptors (Lipinski definition) is 4. The van der Waals surface area contributed by atoms with E-state index in [4.69, 9.17) is 17.0 Å². The third-order valence-electron chi connectivity index (χ3n) is 2.95. The monoisotopic (exact) mass is 316 g/mol. The normalized spacial score (nSPS) is 11.5. The second-order valence-corrected chi connectivity index (χ2v) is 5.37. The molecule has 5 nitrogen and oxygen atoms in total. The third-order valence-corrected chi connectivity index (χ3v) is 3.17. The first-order valence-electron chi connectivity index (χ1n) is 7.31. The van der Waals surface area contributed by atoms with Gasteiger partial charge in [-0.25, -0.2) is 0 Å². The largest absolute Gasteiger partial charge is 0.438 e. The van der Waals surface area contributed by atoms with Gasteiger partial charge in [0.15, 0.2) is 10.9 Å². The van der Waals surface area contributed by atoms with Crippen LogP contribution in [0.25, 0.3) is 0 Å². The van der Waals surface area contributed by atoms with Crippen LogP contribution in [-0.2, 0) is 0 Å². The molecule has 1 aromatic carbocycles. The van der Waals surface area contributed by atoms with E-state index in [-0.39, 0.29) is 0 Å². The lowest BCUT2D eigenvalue weighted by atomic mass is 10.2. The summed E-state index contributed by atoms with van der Waals surface area (Å²) < 4.78 is 5.58. The van der Waals surface area contributed by atoms with Crippen molar-refractivity contribution >= 4 is 23.1 Å². The SMILES string of the molecule is CCCC(C)NC(=S)Nc1ccc(Oc2ccccc2)nn1. The fourth-order valence-electron chi connectivity index (χ4n) is 1.93. The van der Waals surface area contributed by atoms with E-state index in [0.717, 1.165) is 18.6 Å². The molecule has 2 N–H and O–H groups in total. The van der Waals surface area contributed by atoms with Gasteiger partial charge in [-0.1, -0.05) is 31.5 Å². The van der Waals surface area contributed by atoms with Gasteiger partial charge in [-0.15, -0.1) is 10.2 Å². The van der Waals surface area contributed by atoms with Crippen LogP contribution in [0.5, 0.6) is 11.6 Å². The Balaban J connectivity index is 1.88. The number of nitrogens with zero attached hydrogens (tertiary/aromatic N) is 2. The number of rotatable bonds is 6. The van der Waals surface area contributed by atoms with Crippen LogP contribution in [0.3, 0.4) is 0 Å². The second-order valence-electron chi connectivity index (χ2n) is 4.96. The molecule has 2 aromatic rings. The zero-order valence-corrected chi connectivity index (χ0v) is 13.6. The van der Waals surface area contributed by atoms with E-state index in [2.05, 4.69) is 34.7 Å². The van der Waals surface area contributed by atoms with Gasteiger partial charge in [0.05, 0.1) is 0 Å². The number of thiocarbonyl (C=S) groups is 1. The van der Waals surface area contributed by atoms with Crippen LogP contribution in [0.2, 0.25) is 0 Å². The quantitative estimate of drug-likeness (QED) is 0.792. The van der Waals surface area contributed by atoms with Gasteiger partial charge in [-0.3, -0.25) is 0 Å². The van der Waals surface area contributed by atoms with E-state index in [1.165, 1.54) is 0 Å². The Bertz CT molecular complexity index is 589. The second kappa shape index (κ2) is 8.29. The molecule has 0 amide bonds. The molecule has 0 saturated carbocycles. The maximum Gasteiger partial charge on any atom is 0.238 e. The molecular formula is C16H20N4OS. The number of nitrogens with one attached hydrogen (secondary N) is 2. The first-order valence-corrected chi connectivity index (χ1v) is 7.72. The Labute approximate surface area is 136 Å². The Morgan fingerprint density at radius 2 is 1.95 bits per heavy atom. The third kappa shape index (κ3) is 5.29. The maximum absolute atomic E-state index is 5.58. The first-order chi connectivity index (χ1) is 10.7. The predicted octanol–water partition coefficient (Wildman–Crippen LogP) is 3.74. The molecule has 1 heterocycles. The van der Waals surface area contributed by atoms with Gasteiger partial charge < -0.3 is 15.4 Å². The van der Waals surface area contributed by atoms with Crippen molar-refractivity contribution in [2.24, 2.45) is 0 Å². The molecule has 1 aromatic heterocycles. The van der Waals surface area contributed by atoms with Gasteiger partial charge in [-0.2, -0.15) is 0 Å². The molecule has 0 bridgehead atoms. The van der Waals surface area contributed by atoms with E-state index in [0.29, 0.717) is 22.9 Å². The summed E-state index contributed by atoms with van der Waals surface area (Å²) in [5, 5.41) is 14.8. The van der Waals surface area contributed by atoms with E-state index < -0.39 is 0 Å². The van der Waals surface area contributed by atoms with Crippen LogP contribution in [0.1, 0.15) is 26.7 Å². The topological polar surface area (TPSA) is 59.1 Å². The van der Waals surface area contributed by atoms with E-state index in [1.807, 2.05) is 30.3 Å². The van der Waals surface area contributed by atoms with Gasteiger partial charge in [0.1, 0.15) is 5.75 Å². The summed E-state index contributed by atoms with van der Waals surface area (Å²) in [6.07, 6.45) is 2.18. The number of benzene rings is 1. The number of aromatic nitrogens is 2. The van der Waals surface area contributed by atoms with Crippen molar-refractivity contribution in [3.63, 3.8) is 0 Å². The molecule has 0 fully saturated rings. The van der Waals surface area contributed by atoms with Crippen molar-refractivity contribution in [1.82, 2.24) is 15.5 Å². The van der Waals surface area contributed by atoms with Crippen LogP contribution in [0.15, 0.2) is 42.5 Å². The average molecular weight is 316 g/mol. The van der Waals surface area contributed by atoms with Gasteiger partial charge in [0.25, 0.3) is 0 Å². The van der Waals surface area contributed by atoms with Crippen LogP contribution in [-0.4, -0.2) is 21.4 Å². The molecule has 1 unspecified atom stereocenters. The fourth-order valence-corrected chi connectivity index (χ4v) is 2.24. The molecule has 0 spiro atoms. The molecule has 1 atom stereocenters. The summed E-state index contributed by atoms with van der Waals surface area (Å²) in [6.45, 7) is 4.24. The van der Waals surface area contributed by atoms with E-state index in [1.54, 1.807) is 12.1 Å². The first kappa shape index (κ1) is 16.2. The summed E-state index contributed by atoms with van der Waals surface area (Å²) in [6, 6.07) is 13.3. The van der Waals surface area contributed by atoms with Crippen molar-refractivity contribution in [3.05, 3.63) is 42.5 Å². The van der Waals surface area contributed by atoms with Crippen molar-refractivity contribution in [2.45, 2.75) is 32.7 Å². The minimum atomic E-state index is 0.332. The summed E-state index contributed by atoms with van der Waals surface area (Å²) >= 11 is 5.24. The van der Waals surface area contributed by atoms with Gasteiger partial charge in [0.2, 0.25) is 5.88 Å². The molecule has 6 heteroatoms. The Hall–Kier alpha value is -2.21. The zero-order valence-electron chi connectivity index (χ0n) is 12.7. The summed E-state index contributed by atoms with van der Waals surface area (Å²) in [5.41, 5.74) is 0. The van der Waals surface area contributed by atoms with E-state index >= 15 is 0 Å². The summed E-state index contributed by atoms with van der Waals surface area (Å²) in [5.74, 6) is 1.75. The highest BCUT2D eigenvalue weighted by Gasteiger charge is 2.05. The Morgan fingerprint density at radius 3 is 2.59 bits per heavy atom. The molecular weight excluding hydrogens is 296 g/mol. The molecule has 0 aliphatic rings. The van der Waals surface area contributed by atoms with Crippen molar-refractivity contribution < 1.29 is 4.74 Å². The van der Waals surface area contributed by atoms with Crippen LogP contribution < -0.4 is 15.4 Å². The summed E-state index contributed by atoms with van der Waals surface area (Å²) in [7, 11) is 0. The lowest BCUT2D eigenvalue weighted by molar-refractivity contribution is 0.455. The van der Waals surface area contributed by atoms with Crippen LogP contribution in [0.4, 0.5) is 5.82 Å². The van der Waals surface area contributed by atoms with Crippen LogP contribution >= 0.6 is 12.2 Å². The van der Waals surface area contributed by atoms with Gasteiger partial charge >= 0.3 is 0 Å². The maximum atomic E-state index is 5.58. The minimum absolute atomic E-state index is 0.332. The molecule has 116 valence electrons. The molecule has 2 rings (SSSR count). The summed E-state index contributed by atoms with van der Waals surface area (Å²) in [4.78, 5) is 0. The lowest BCUT2D eigenvalue weighted by Crippen LogP contribution is -2.35.